The van der Waals surface area contributed by atoms with Gasteiger partial charge >= 0.3 is 5.97 Å². The molecule has 1 aromatic heterocycles. The highest BCUT2D eigenvalue weighted by atomic mass is 35.5. The molecule has 0 radical (unpaired) electrons. The summed E-state index contributed by atoms with van der Waals surface area (Å²) in [4.78, 5) is 13.9. The molecule has 16 heavy (non-hydrogen) atoms. The number of hydrogen-bond acceptors (Lipinski definition) is 3. The molecule has 0 atom stereocenters. The monoisotopic (exact) mass is 250 g/mol. The molecular formula is C9H9ClF2N2O2. The third-order valence-corrected chi connectivity index (χ3v) is 2.26. The number of carboxylic acid groups (broad SMARTS) is 1. The van der Waals surface area contributed by atoms with Gasteiger partial charge in [0.1, 0.15) is 10.8 Å². The van der Waals surface area contributed by atoms with Crippen LogP contribution < -0.4 is 5.73 Å². The highest BCUT2D eigenvalue weighted by molar-refractivity contribution is 6.30. The van der Waals surface area contributed by atoms with Gasteiger partial charge in [0.25, 0.3) is 6.43 Å². The fourth-order valence-electron chi connectivity index (χ4n) is 1.23. The summed E-state index contributed by atoms with van der Waals surface area (Å²) in [6.45, 7) is -0.142. The van der Waals surface area contributed by atoms with Crippen molar-refractivity contribution in [1.29, 1.82) is 0 Å². The number of alkyl halides is 2. The van der Waals surface area contributed by atoms with Crippen LogP contribution in [0.3, 0.4) is 0 Å². The van der Waals surface area contributed by atoms with Crippen molar-refractivity contribution in [3.8, 4) is 0 Å². The molecule has 0 aliphatic heterocycles. The Hall–Kier alpha value is -1.27. The third-order valence-electron chi connectivity index (χ3n) is 1.93. The normalized spacial score (nSPS) is 10.8. The Balaban J connectivity index is 3.20. The van der Waals surface area contributed by atoms with E-state index in [2.05, 4.69) is 4.98 Å². The van der Waals surface area contributed by atoms with E-state index in [1.807, 2.05) is 0 Å². The molecule has 0 saturated carbocycles. The highest BCUT2D eigenvalue weighted by Gasteiger charge is 2.18. The summed E-state index contributed by atoms with van der Waals surface area (Å²) < 4.78 is 25.0. The van der Waals surface area contributed by atoms with Crippen molar-refractivity contribution in [3.63, 3.8) is 0 Å². The number of pyridine rings is 1. The van der Waals surface area contributed by atoms with E-state index in [4.69, 9.17) is 22.4 Å². The quantitative estimate of drug-likeness (QED) is 0.799. The zero-order valence-electron chi connectivity index (χ0n) is 8.08. The lowest BCUT2D eigenvalue weighted by Gasteiger charge is -2.09. The van der Waals surface area contributed by atoms with Crippen LogP contribution in [0.4, 0.5) is 8.78 Å². The number of aromatic nitrogens is 1. The van der Waals surface area contributed by atoms with Gasteiger partial charge in [0.05, 0.1) is 6.42 Å². The summed E-state index contributed by atoms with van der Waals surface area (Å²) >= 11 is 5.60. The van der Waals surface area contributed by atoms with Gasteiger partial charge in [-0.2, -0.15) is 0 Å². The molecule has 1 rings (SSSR count). The number of carboxylic acids is 1. The molecule has 0 aliphatic rings. The molecule has 0 aliphatic carbocycles. The maximum Gasteiger partial charge on any atom is 0.307 e. The molecule has 1 heterocycles. The molecule has 4 nitrogen and oxygen atoms in total. The van der Waals surface area contributed by atoms with E-state index in [0.29, 0.717) is 0 Å². The van der Waals surface area contributed by atoms with Gasteiger partial charge in [-0.05, 0) is 11.6 Å². The summed E-state index contributed by atoms with van der Waals surface area (Å²) in [6.07, 6.45) is -3.16. The van der Waals surface area contributed by atoms with E-state index in [0.717, 1.165) is 0 Å². The number of nitrogens with two attached hydrogens (primary N) is 1. The zero-order chi connectivity index (χ0) is 12.3. The topological polar surface area (TPSA) is 76.2 Å². The lowest BCUT2D eigenvalue weighted by atomic mass is 10.1. The van der Waals surface area contributed by atoms with Crippen molar-refractivity contribution < 1.29 is 18.7 Å². The predicted molar refractivity (Wildman–Crippen MR) is 53.4 cm³/mol. The number of nitrogens with zero attached hydrogens (tertiary/aromatic N) is 1. The van der Waals surface area contributed by atoms with Crippen LogP contribution in [0.5, 0.6) is 0 Å². The molecule has 3 N–H and O–H groups in total. The van der Waals surface area contributed by atoms with Crippen molar-refractivity contribution >= 4 is 17.6 Å². The Morgan fingerprint density at radius 1 is 1.56 bits per heavy atom. The second-order valence-electron chi connectivity index (χ2n) is 3.06. The molecule has 0 amide bonds. The summed E-state index contributed by atoms with van der Waals surface area (Å²) in [7, 11) is 0. The SMILES string of the molecule is NCc1cc(CC(=O)O)c(Cl)nc1C(F)F. The van der Waals surface area contributed by atoms with Crippen molar-refractivity contribution in [2.45, 2.75) is 19.4 Å². The van der Waals surface area contributed by atoms with Gasteiger partial charge in [-0.3, -0.25) is 4.79 Å². The minimum absolute atomic E-state index is 0.107. The van der Waals surface area contributed by atoms with E-state index in [1.54, 1.807) is 0 Å². The first-order valence-corrected chi connectivity index (χ1v) is 4.71. The molecule has 0 bridgehead atoms. The minimum atomic E-state index is -2.78. The number of hydrogen-bond donors (Lipinski definition) is 2. The van der Waals surface area contributed by atoms with Crippen molar-refractivity contribution in [1.82, 2.24) is 4.98 Å². The van der Waals surface area contributed by atoms with E-state index < -0.39 is 18.1 Å². The van der Waals surface area contributed by atoms with E-state index in [1.165, 1.54) is 6.07 Å². The fraction of sp³-hybridized carbons (Fsp3) is 0.333. The summed E-state index contributed by atoms with van der Waals surface area (Å²) in [5.74, 6) is -1.11. The average molecular weight is 251 g/mol. The maximum absolute atomic E-state index is 12.5. The second kappa shape index (κ2) is 5.18. The zero-order valence-corrected chi connectivity index (χ0v) is 8.84. The van der Waals surface area contributed by atoms with Crippen molar-refractivity contribution in [2.24, 2.45) is 5.73 Å². The molecule has 88 valence electrons. The smallest absolute Gasteiger partial charge is 0.307 e. The summed E-state index contributed by atoms with van der Waals surface area (Å²) in [6, 6.07) is 1.25. The lowest BCUT2D eigenvalue weighted by molar-refractivity contribution is -0.136. The van der Waals surface area contributed by atoms with Crippen LogP contribution >= 0.6 is 11.6 Å². The first-order valence-electron chi connectivity index (χ1n) is 4.34. The second-order valence-corrected chi connectivity index (χ2v) is 3.42. The number of aliphatic carboxylic acids is 1. The Morgan fingerprint density at radius 2 is 2.19 bits per heavy atom. The first-order chi connectivity index (χ1) is 7.45. The minimum Gasteiger partial charge on any atom is -0.481 e. The van der Waals surface area contributed by atoms with E-state index in [9.17, 15) is 13.6 Å². The Labute approximate surface area is 95.0 Å². The van der Waals surface area contributed by atoms with Crippen LogP contribution in [0, 0.1) is 0 Å². The standard InChI is InChI=1S/C9H9ClF2N2O2/c10-8-4(2-6(15)16)1-5(3-13)7(14-8)9(11)12/h1,9H,2-3,13H2,(H,15,16). The maximum atomic E-state index is 12.5. The number of carbonyl (C=O) groups is 1. The third kappa shape index (κ3) is 2.86. The van der Waals surface area contributed by atoms with E-state index in [-0.39, 0.29) is 29.2 Å². The van der Waals surface area contributed by atoms with Gasteiger partial charge in [0, 0.05) is 12.1 Å². The lowest BCUT2D eigenvalue weighted by Crippen LogP contribution is -2.09. The molecule has 0 aromatic carbocycles. The molecule has 1 aromatic rings. The average Bonchev–Trinajstić information content (AvgIpc) is 2.19. The van der Waals surface area contributed by atoms with Gasteiger partial charge in [-0.15, -0.1) is 0 Å². The molecule has 0 unspecified atom stereocenters. The molecular weight excluding hydrogens is 242 g/mol. The van der Waals surface area contributed by atoms with Gasteiger partial charge < -0.3 is 10.8 Å². The first kappa shape index (κ1) is 12.8. The largest absolute Gasteiger partial charge is 0.481 e. The van der Waals surface area contributed by atoms with Crippen LogP contribution in [0.15, 0.2) is 6.07 Å². The fourth-order valence-corrected chi connectivity index (χ4v) is 1.44. The molecule has 0 spiro atoms. The van der Waals surface area contributed by atoms with Crippen LogP contribution in [0.25, 0.3) is 0 Å². The molecule has 0 saturated heterocycles. The Kier molecular flexibility index (Phi) is 4.14. The number of halogens is 3. The van der Waals surface area contributed by atoms with Crippen molar-refractivity contribution in [3.05, 3.63) is 28.0 Å². The van der Waals surface area contributed by atoms with Crippen LogP contribution in [-0.2, 0) is 17.8 Å². The highest BCUT2D eigenvalue weighted by Crippen LogP contribution is 2.25. The summed E-state index contributed by atoms with van der Waals surface area (Å²) in [5, 5.41) is 8.34. The van der Waals surface area contributed by atoms with Crippen molar-refractivity contribution in [2.75, 3.05) is 0 Å². The van der Waals surface area contributed by atoms with Crippen LogP contribution in [0.2, 0.25) is 5.15 Å². The molecule has 0 fully saturated rings. The molecule has 7 heteroatoms. The predicted octanol–water partition coefficient (Wildman–Crippen LogP) is 1.76. The summed E-state index contributed by atoms with van der Waals surface area (Å²) in [5.41, 5.74) is 5.06. The Bertz CT molecular complexity index is 413. The van der Waals surface area contributed by atoms with Crippen LogP contribution in [-0.4, -0.2) is 16.1 Å². The Morgan fingerprint density at radius 3 is 2.62 bits per heavy atom. The van der Waals surface area contributed by atoms with E-state index >= 15 is 0 Å². The van der Waals surface area contributed by atoms with Gasteiger partial charge in [0.2, 0.25) is 0 Å². The van der Waals surface area contributed by atoms with Crippen LogP contribution in [0.1, 0.15) is 23.2 Å². The van der Waals surface area contributed by atoms with Gasteiger partial charge in [-0.25, -0.2) is 13.8 Å². The van der Waals surface area contributed by atoms with Gasteiger partial charge in [0.15, 0.2) is 0 Å². The van der Waals surface area contributed by atoms with Gasteiger partial charge in [-0.1, -0.05) is 11.6 Å². The number of rotatable bonds is 4.